The molecule has 0 aliphatic heterocycles. The van der Waals surface area contributed by atoms with E-state index in [1.165, 1.54) is 12.5 Å². The molecule has 0 saturated carbocycles. The lowest BCUT2D eigenvalue weighted by Crippen LogP contribution is -2.48. The van der Waals surface area contributed by atoms with Crippen molar-refractivity contribution >= 4 is 25.4 Å². The molecule has 4 nitrogen and oxygen atoms in total. The summed E-state index contributed by atoms with van der Waals surface area (Å²) in [4.78, 5) is 0. The van der Waals surface area contributed by atoms with Crippen LogP contribution in [0.2, 0.25) is 44.3 Å². The Kier molecular flexibility index (Phi) is 8.74. The fraction of sp³-hybridized carbons (Fsp3) is 1.00. The highest BCUT2D eigenvalue weighted by molar-refractivity contribution is 6.85. The predicted octanol–water partition coefficient (Wildman–Crippen LogP) is 4.73. The third-order valence-corrected chi connectivity index (χ3v) is 14.6. The molecule has 0 heterocycles. The Balaban J connectivity index is 4.61. The number of hydrogen-bond donors (Lipinski definition) is 0. The molecule has 22 heavy (non-hydrogen) atoms. The van der Waals surface area contributed by atoms with Crippen LogP contribution < -0.4 is 0 Å². The van der Waals surface area contributed by atoms with Gasteiger partial charge in [0.1, 0.15) is 0 Å². The maximum Gasteiger partial charge on any atom is 0.499 e. The highest BCUT2D eigenvalue weighted by atomic mass is 28.4. The monoisotopic (exact) mass is 366 g/mol. The molecule has 0 saturated heterocycles. The second-order valence-corrected chi connectivity index (χ2v) is 20.4. The summed E-state index contributed by atoms with van der Waals surface area (Å²) in [7, 11) is -0.807. The summed E-state index contributed by atoms with van der Waals surface area (Å²) in [5, 5.41) is 0. The van der Waals surface area contributed by atoms with Crippen molar-refractivity contribution in [1.82, 2.24) is 0 Å². The van der Waals surface area contributed by atoms with Gasteiger partial charge < -0.3 is 17.4 Å². The van der Waals surface area contributed by atoms with Gasteiger partial charge in [-0.2, -0.15) is 0 Å². The van der Waals surface area contributed by atoms with Gasteiger partial charge in [-0.25, -0.2) is 0 Å². The van der Waals surface area contributed by atoms with E-state index in [0.29, 0.717) is 5.41 Å². The summed E-state index contributed by atoms with van der Waals surface area (Å²) in [6.07, 6.45) is 1.23. The topological polar surface area (TPSA) is 36.9 Å². The molecule has 0 unspecified atom stereocenters. The Hall–Kier alpha value is 0.491. The van der Waals surface area contributed by atoms with E-state index < -0.39 is 25.4 Å². The molecular weight excluding hydrogens is 328 g/mol. The van der Waals surface area contributed by atoms with Crippen LogP contribution in [-0.4, -0.2) is 46.8 Å². The Labute approximate surface area is 141 Å². The van der Waals surface area contributed by atoms with Gasteiger partial charge in [0.15, 0.2) is 16.6 Å². The Bertz CT molecular complexity index is 315. The molecule has 0 atom stereocenters. The lowest BCUT2D eigenvalue weighted by Gasteiger charge is -2.36. The Morgan fingerprint density at radius 3 is 1.45 bits per heavy atom. The first-order valence-electron chi connectivity index (χ1n) is 8.16. The summed E-state index contributed by atoms with van der Waals surface area (Å²) in [6.45, 7) is 16.2. The molecule has 0 aromatic heterocycles. The smallest absolute Gasteiger partial charge is 0.456 e. The maximum absolute atomic E-state index is 6.68. The first-order valence-corrected chi connectivity index (χ1v) is 16.3. The molecular formula is C15H38O4Si3. The van der Waals surface area contributed by atoms with Gasteiger partial charge in [0.2, 0.25) is 0 Å². The van der Waals surface area contributed by atoms with E-state index in [-0.39, 0.29) is 0 Å². The van der Waals surface area contributed by atoms with Crippen molar-refractivity contribution in [2.24, 2.45) is 5.41 Å². The van der Waals surface area contributed by atoms with Gasteiger partial charge in [0.05, 0.1) is 0 Å². The lowest BCUT2D eigenvalue weighted by molar-refractivity contribution is 0.125. The van der Waals surface area contributed by atoms with Crippen molar-refractivity contribution in [3.05, 3.63) is 0 Å². The fourth-order valence-electron chi connectivity index (χ4n) is 2.54. The molecule has 0 N–H and O–H groups in total. The Morgan fingerprint density at radius 1 is 0.682 bits per heavy atom. The van der Waals surface area contributed by atoms with Gasteiger partial charge in [-0.1, -0.05) is 20.8 Å². The minimum Gasteiger partial charge on any atom is -0.456 e. The molecule has 0 spiro atoms. The van der Waals surface area contributed by atoms with Crippen LogP contribution in [0.5, 0.6) is 0 Å². The molecule has 0 aromatic rings. The molecule has 0 rings (SSSR count). The molecule has 7 heteroatoms. The standard InChI is InChI=1S/C15H38O4Si3/c1-15(2,3)11-12-20(7,8)19-21(9,10)13-14-22(16-4,17-5)18-6/h11-14H2,1-10H3. The molecule has 0 aliphatic rings. The van der Waals surface area contributed by atoms with Crippen LogP contribution in [0, 0.1) is 5.41 Å². The average Bonchev–Trinajstić information content (AvgIpc) is 2.37. The maximum atomic E-state index is 6.68. The summed E-state index contributed by atoms with van der Waals surface area (Å²) in [6, 6.07) is 3.06. The zero-order valence-electron chi connectivity index (χ0n) is 16.5. The van der Waals surface area contributed by atoms with Gasteiger partial charge in [-0.15, -0.1) is 0 Å². The van der Waals surface area contributed by atoms with Crippen molar-refractivity contribution in [3.8, 4) is 0 Å². The van der Waals surface area contributed by atoms with Crippen LogP contribution in [0.4, 0.5) is 0 Å². The van der Waals surface area contributed by atoms with E-state index in [9.17, 15) is 0 Å². The highest BCUT2D eigenvalue weighted by Crippen LogP contribution is 2.30. The third-order valence-electron chi connectivity index (χ3n) is 4.00. The van der Waals surface area contributed by atoms with Crippen LogP contribution >= 0.6 is 0 Å². The predicted molar refractivity (Wildman–Crippen MR) is 101 cm³/mol. The number of hydrogen-bond acceptors (Lipinski definition) is 4. The first-order chi connectivity index (χ1) is 9.80. The van der Waals surface area contributed by atoms with Gasteiger partial charge >= 0.3 is 8.80 Å². The van der Waals surface area contributed by atoms with Crippen molar-refractivity contribution in [2.75, 3.05) is 21.3 Å². The van der Waals surface area contributed by atoms with Gasteiger partial charge in [-0.3, -0.25) is 0 Å². The summed E-state index contributed by atoms with van der Waals surface area (Å²) in [5.41, 5.74) is 0.379. The van der Waals surface area contributed by atoms with Crippen LogP contribution in [-0.2, 0) is 17.4 Å². The van der Waals surface area contributed by atoms with Gasteiger partial charge in [-0.05, 0) is 50.1 Å². The lowest BCUT2D eigenvalue weighted by atomic mass is 9.94. The number of rotatable bonds is 10. The van der Waals surface area contributed by atoms with E-state index in [1.54, 1.807) is 21.3 Å². The van der Waals surface area contributed by atoms with Crippen LogP contribution in [0.1, 0.15) is 27.2 Å². The SMILES string of the molecule is CO[Si](CC[Si](C)(C)O[Si](C)(C)CCC(C)(C)C)(OC)OC. The second-order valence-electron chi connectivity index (χ2n) is 8.48. The average molecular weight is 367 g/mol. The molecule has 0 radical (unpaired) electrons. The highest BCUT2D eigenvalue weighted by Gasteiger charge is 2.42. The minimum atomic E-state index is -2.48. The van der Waals surface area contributed by atoms with Crippen LogP contribution in [0.15, 0.2) is 0 Å². The normalized spacial score (nSPS) is 14.5. The molecule has 0 bridgehead atoms. The second kappa shape index (κ2) is 8.55. The Morgan fingerprint density at radius 2 is 1.09 bits per heavy atom. The fourth-order valence-corrected chi connectivity index (χ4v) is 15.4. The third kappa shape index (κ3) is 8.95. The van der Waals surface area contributed by atoms with Crippen molar-refractivity contribution in [1.29, 1.82) is 0 Å². The van der Waals surface area contributed by atoms with Crippen molar-refractivity contribution in [2.45, 2.75) is 71.5 Å². The van der Waals surface area contributed by atoms with Crippen LogP contribution in [0.3, 0.4) is 0 Å². The van der Waals surface area contributed by atoms with Crippen molar-refractivity contribution in [3.63, 3.8) is 0 Å². The largest absolute Gasteiger partial charge is 0.499 e. The molecule has 0 aromatic carbocycles. The zero-order valence-corrected chi connectivity index (χ0v) is 19.5. The molecule has 0 amide bonds. The van der Waals surface area contributed by atoms with E-state index >= 15 is 0 Å². The van der Waals surface area contributed by atoms with E-state index in [4.69, 9.17) is 17.4 Å². The minimum absolute atomic E-state index is 0.379. The molecule has 0 fully saturated rings. The zero-order chi connectivity index (χ0) is 17.7. The summed E-state index contributed by atoms with van der Waals surface area (Å²) in [5.74, 6) is 0. The van der Waals surface area contributed by atoms with E-state index in [1.807, 2.05) is 0 Å². The molecule has 0 aliphatic carbocycles. The van der Waals surface area contributed by atoms with Crippen LogP contribution in [0.25, 0.3) is 0 Å². The quantitative estimate of drug-likeness (QED) is 0.524. The molecule has 134 valence electrons. The summed E-state index contributed by atoms with van der Waals surface area (Å²) < 4.78 is 23.3. The van der Waals surface area contributed by atoms with Gasteiger partial charge in [0, 0.05) is 27.4 Å². The summed E-state index contributed by atoms with van der Waals surface area (Å²) >= 11 is 0. The van der Waals surface area contributed by atoms with Gasteiger partial charge in [0.25, 0.3) is 0 Å². The van der Waals surface area contributed by atoms with E-state index in [2.05, 4.69) is 47.0 Å². The first kappa shape index (κ1) is 22.5. The van der Waals surface area contributed by atoms with E-state index in [0.717, 1.165) is 12.1 Å². The van der Waals surface area contributed by atoms with Crippen molar-refractivity contribution < 1.29 is 17.4 Å².